The van der Waals surface area contributed by atoms with Gasteiger partial charge in [0.1, 0.15) is 0 Å². The van der Waals surface area contributed by atoms with Crippen LogP contribution in [0.3, 0.4) is 0 Å². The smallest absolute Gasteiger partial charge is 0.223 e. The molecule has 1 aromatic carbocycles. The maximum absolute atomic E-state index is 12.1. The Hall–Kier alpha value is -1.39. The molecule has 0 bridgehead atoms. The van der Waals surface area contributed by atoms with E-state index in [9.17, 15) is 4.79 Å². The average Bonchev–Trinajstić information content (AvgIpc) is 2.41. The molecular formula is C15H24N2O2. The van der Waals surface area contributed by atoms with E-state index in [0.717, 1.165) is 6.42 Å². The second-order valence-electron chi connectivity index (χ2n) is 4.65. The Balaban J connectivity index is 2.47. The first kappa shape index (κ1) is 15.7. The molecule has 0 spiro atoms. The topological polar surface area (TPSA) is 55.6 Å². The molecule has 0 heterocycles. The summed E-state index contributed by atoms with van der Waals surface area (Å²) in [5.41, 5.74) is 7.96. The van der Waals surface area contributed by atoms with Crippen LogP contribution in [0.5, 0.6) is 0 Å². The number of benzene rings is 1. The van der Waals surface area contributed by atoms with Gasteiger partial charge < -0.3 is 15.4 Å². The standard InChI is InChI=1S/C15H24N2O2/c1-13-4-3-5-14(12-13)6-7-15(18)17(9-8-16)10-11-19-2/h3-5,12H,6-11,16H2,1-2H3. The zero-order valence-corrected chi connectivity index (χ0v) is 11.9. The summed E-state index contributed by atoms with van der Waals surface area (Å²) in [4.78, 5) is 13.9. The lowest BCUT2D eigenvalue weighted by Crippen LogP contribution is -2.37. The van der Waals surface area contributed by atoms with Gasteiger partial charge in [-0.15, -0.1) is 0 Å². The number of nitrogens with zero attached hydrogens (tertiary/aromatic N) is 1. The van der Waals surface area contributed by atoms with Gasteiger partial charge in [0, 0.05) is 33.2 Å². The largest absolute Gasteiger partial charge is 0.383 e. The van der Waals surface area contributed by atoms with E-state index < -0.39 is 0 Å². The molecule has 1 aromatic rings. The van der Waals surface area contributed by atoms with E-state index in [4.69, 9.17) is 10.5 Å². The van der Waals surface area contributed by atoms with Crippen LogP contribution in [0.2, 0.25) is 0 Å². The molecule has 0 unspecified atom stereocenters. The predicted octanol–water partition coefficient (Wildman–Crippen LogP) is 1.36. The molecule has 19 heavy (non-hydrogen) atoms. The van der Waals surface area contributed by atoms with Crippen molar-refractivity contribution in [2.75, 3.05) is 33.4 Å². The molecule has 1 amide bonds. The highest BCUT2D eigenvalue weighted by atomic mass is 16.5. The Morgan fingerprint density at radius 2 is 2.16 bits per heavy atom. The number of hydrogen-bond donors (Lipinski definition) is 1. The van der Waals surface area contributed by atoms with Crippen LogP contribution in [0.1, 0.15) is 17.5 Å². The number of carbonyl (C=O) groups excluding carboxylic acids is 1. The number of aryl methyl sites for hydroxylation is 2. The molecule has 0 saturated heterocycles. The first-order valence-corrected chi connectivity index (χ1v) is 6.69. The van der Waals surface area contributed by atoms with Gasteiger partial charge in [-0.1, -0.05) is 29.8 Å². The predicted molar refractivity (Wildman–Crippen MR) is 77.0 cm³/mol. The molecule has 0 saturated carbocycles. The molecular weight excluding hydrogens is 240 g/mol. The lowest BCUT2D eigenvalue weighted by Gasteiger charge is -2.21. The molecule has 4 heteroatoms. The van der Waals surface area contributed by atoms with E-state index in [1.165, 1.54) is 11.1 Å². The molecule has 0 aromatic heterocycles. The van der Waals surface area contributed by atoms with Crippen molar-refractivity contribution in [3.63, 3.8) is 0 Å². The third-order valence-corrected chi connectivity index (χ3v) is 3.03. The third-order valence-electron chi connectivity index (χ3n) is 3.03. The van der Waals surface area contributed by atoms with Crippen molar-refractivity contribution in [3.05, 3.63) is 35.4 Å². The highest BCUT2D eigenvalue weighted by Crippen LogP contribution is 2.08. The van der Waals surface area contributed by atoms with Crippen LogP contribution in [0.25, 0.3) is 0 Å². The van der Waals surface area contributed by atoms with Crippen molar-refractivity contribution in [3.8, 4) is 0 Å². The molecule has 0 radical (unpaired) electrons. The van der Waals surface area contributed by atoms with Gasteiger partial charge in [-0.05, 0) is 18.9 Å². The van der Waals surface area contributed by atoms with Crippen molar-refractivity contribution < 1.29 is 9.53 Å². The maximum Gasteiger partial charge on any atom is 0.223 e. The van der Waals surface area contributed by atoms with Crippen molar-refractivity contribution >= 4 is 5.91 Å². The number of methoxy groups -OCH3 is 1. The fourth-order valence-corrected chi connectivity index (χ4v) is 2.00. The molecule has 0 aliphatic rings. The summed E-state index contributed by atoms with van der Waals surface area (Å²) in [6.07, 6.45) is 1.29. The molecule has 2 N–H and O–H groups in total. The summed E-state index contributed by atoms with van der Waals surface area (Å²) >= 11 is 0. The maximum atomic E-state index is 12.1. The zero-order chi connectivity index (χ0) is 14.1. The number of ether oxygens (including phenoxy) is 1. The van der Waals surface area contributed by atoms with Crippen LogP contribution >= 0.6 is 0 Å². The lowest BCUT2D eigenvalue weighted by atomic mass is 10.1. The quantitative estimate of drug-likeness (QED) is 0.771. The van der Waals surface area contributed by atoms with Gasteiger partial charge >= 0.3 is 0 Å². The van der Waals surface area contributed by atoms with Gasteiger partial charge in [-0.25, -0.2) is 0 Å². The van der Waals surface area contributed by atoms with Gasteiger partial charge in [0.25, 0.3) is 0 Å². The first-order chi connectivity index (χ1) is 9.17. The molecule has 106 valence electrons. The van der Waals surface area contributed by atoms with E-state index in [0.29, 0.717) is 32.7 Å². The fraction of sp³-hybridized carbons (Fsp3) is 0.533. The van der Waals surface area contributed by atoms with Crippen molar-refractivity contribution in [2.45, 2.75) is 19.8 Å². The van der Waals surface area contributed by atoms with Gasteiger partial charge in [0.2, 0.25) is 5.91 Å². The van der Waals surface area contributed by atoms with E-state index in [2.05, 4.69) is 25.1 Å². The second-order valence-corrected chi connectivity index (χ2v) is 4.65. The minimum atomic E-state index is 0.143. The summed E-state index contributed by atoms with van der Waals surface area (Å²) in [7, 11) is 1.64. The lowest BCUT2D eigenvalue weighted by molar-refractivity contribution is -0.131. The van der Waals surface area contributed by atoms with Crippen molar-refractivity contribution in [1.29, 1.82) is 0 Å². The Bertz CT molecular complexity index is 393. The minimum absolute atomic E-state index is 0.143. The Kier molecular flexibility index (Phi) is 7.15. The number of carbonyl (C=O) groups is 1. The van der Waals surface area contributed by atoms with Crippen LogP contribution in [0.4, 0.5) is 0 Å². The average molecular weight is 264 g/mol. The third kappa shape index (κ3) is 5.85. The van der Waals surface area contributed by atoms with Crippen LogP contribution in [-0.4, -0.2) is 44.2 Å². The molecule has 0 aliphatic heterocycles. The van der Waals surface area contributed by atoms with Crippen LogP contribution < -0.4 is 5.73 Å². The van der Waals surface area contributed by atoms with Gasteiger partial charge in [0.15, 0.2) is 0 Å². The Labute approximate surface area is 115 Å². The van der Waals surface area contributed by atoms with Crippen LogP contribution in [0, 0.1) is 6.92 Å². The molecule has 4 nitrogen and oxygen atoms in total. The van der Waals surface area contributed by atoms with E-state index in [-0.39, 0.29) is 5.91 Å². The SMILES string of the molecule is COCCN(CCN)C(=O)CCc1cccc(C)c1. The summed E-state index contributed by atoms with van der Waals surface area (Å²) in [5.74, 6) is 0.143. The monoisotopic (exact) mass is 264 g/mol. The highest BCUT2D eigenvalue weighted by molar-refractivity contribution is 5.76. The van der Waals surface area contributed by atoms with Crippen molar-refractivity contribution in [1.82, 2.24) is 4.90 Å². The number of amides is 1. The van der Waals surface area contributed by atoms with Crippen LogP contribution in [0.15, 0.2) is 24.3 Å². The normalized spacial score (nSPS) is 10.5. The Morgan fingerprint density at radius 3 is 2.79 bits per heavy atom. The van der Waals surface area contributed by atoms with Crippen LogP contribution in [-0.2, 0) is 16.0 Å². The van der Waals surface area contributed by atoms with Gasteiger partial charge in [-0.3, -0.25) is 4.79 Å². The molecule has 0 aliphatic carbocycles. The first-order valence-electron chi connectivity index (χ1n) is 6.69. The van der Waals surface area contributed by atoms with E-state index >= 15 is 0 Å². The Morgan fingerprint density at radius 1 is 1.37 bits per heavy atom. The summed E-state index contributed by atoms with van der Waals surface area (Å²) in [6.45, 7) is 4.30. The molecule has 0 atom stereocenters. The van der Waals surface area contributed by atoms with E-state index in [1.54, 1.807) is 12.0 Å². The van der Waals surface area contributed by atoms with E-state index in [1.807, 2.05) is 6.07 Å². The molecule has 0 fully saturated rings. The zero-order valence-electron chi connectivity index (χ0n) is 11.9. The summed E-state index contributed by atoms with van der Waals surface area (Å²) in [6, 6.07) is 8.26. The second kappa shape index (κ2) is 8.67. The van der Waals surface area contributed by atoms with Crippen molar-refractivity contribution in [2.24, 2.45) is 5.73 Å². The summed E-state index contributed by atoms with van der Waals surface area (Å²) in [5, 5.41) is 0. The van der Waals surface area contributed by atoms with Gasteiger partial charge in [-0.2, -0.15) is 0 Å². The number of nitrogens with two attached hydrogens (primary N) is 1. The fourth-order valence-electron chi connectivity index (χ4n) is 2.00. The number of hydrogen-bond acceptors (Lipinski definition) is 3. The summed E-state index contributed by atoms with van der Waals surface area (Å²) < 4.78 is 5.01. The minimum Gasteiger partial charge on any atom is -0.383 e. The molecule has 1 rings (SSSR count). The van der Waals surface area contributed by atoms with Gasteiger partial charge in [0.05, 0.1) is 6.61 Å². The number of rotatable bonds is 8. The highest BCUT2D eigenvalue weighted by Gasteiger charge is 2.12.